The second-order valence-corrected chi connectivity index (χ2v) is 6.88. The van der Waals surface area contributed by atoms with Crippen molar-refractivity contribution in [2.75, 3.05) is 0 Å². The zero-order valence-electron chi connectivity index (χ0n) is 10.4. The first kappa shape index (κ1) is 16.0. The van der Waals surface area contributed by atoms with Crippen molar-refractivity contribution in [1.82, 2.24) is 9.78 Å². The van der Waals surface area contributed by atoms with E-state index in [1.165, 1.54) is 31.3 Å². The number of nitrogens with zero attached hydrogens (tertiary/aromatic N) is 2. The summed E-state index contributed by atoms with van der Waals surface area (Å²) in [5.74, 6) is -0.282. The van der Waals surface area contributed by atoms with Crippen LogP contribution in [0.5, 0.6) is 5.88 Å². The molecule has 0 spiro atoms. The largest absolute Gasteiger partial charge is 0.416 e. The van der Waals surface area contributed by atoms with Gasteiger partial charge in [0, 0.05) is 23.3 Å². The average molecular weight is 357 g/mol. The van der Waals surface area contributed by atoms with Crippen LogP contribution in [0.2, 0.25) is 5.02 Å². The fraction of sp³-hybridized carbons (Fsp3) is 0.182. The van der Waals surface area contributed by atoms with Crippen molar-refractivity contribution in [2.45, 2.75) is 11.5 Å². The SMILES string of the molecule is Cn1nc(-c2ccc(S(=O)(=O)Cl)cc2)c(Cl)c1OC(F)F. The monoisotopic (exact) mass is 356 g/mol. The van der Waals surface area contributed by atoms with Gasteiger partial charge in [0.2, 0.25) is 5.88 Å². The van der Waals surface area contributed by atoms with Gasteiger partial charge >= 0.3 is 6.61 Å². The molecule has 0 saturated carbocycles. The summed E-state index contributed by atoms with van der Waals surface area (Å²) in [6.07, 6.45) is 0. The van der Waals surface area contributed by atoms with Crippen LogP contribution in [0.4, 0.5) is 8.78 Å². The molecule has 1 aromatic carbocycles. The van der Waals surface area contributed by atoms with E-state index in [9.17, 15) is 17.2 Å². The maximum atomic E-state index is 12.3. The second kappa shape index (κ2) is 5.78. The van der Waals surface area contributed by atoms with Gasteiger partial charge in [0.1, 0.15) is 10.7 Å². The van der Waals surface area contributed by atoms with E-state index in [1.807, 2.05) is 0 Å². The minimum absolute atomic E-state index is 0.0935. The fourth-order valence-corrected chi connectivity index (χ4v) is 2.74. The number of hydrogen-bond donors (Lipinski definition) is 0. The van der Waals surface area contributed by atoms with Crippen LogP contribution in [0.25, 0.3) is 11.3 Å². The molecule has 0 aliphatic rings. The Morgan fingerprint density at radius 1 is 1.29 bits per heavy atom. The quantitative estimate of drug-likeness (QED) is 0.788. The highest BCUT2D eigenvalue weighted by Gasteiger charge is 2.20. The molecule has 2 aromatic rings. The summed E-state index contributed by atoms with van der Waals surface area (Å²) < 4.78 is 52.2. The molecule has 0 aliphatic heterocycles. The molecule has 1 heterocycles. The van der Waals surface area contributed by atoms with Gasteiger partial charge in [0.25, 0.3) is 9.05 Å². The fourth-order valence-electron chi connectivity index (χ4n) is 1.65. The van der Waals surface area contributed by atoms with E-state index >= 15 is 0 Å². The number of rotatable bonds is 4. The topological polar surface area (TPSA) is 61.2 Å². The molecule has 21 heavy (non-hydrogen) atoms. The zero-order valence-corrected chi connectivity index (χ0v) is 12.8. The highest BCUT2D eigenvalue weighted by molar-refractivity contribution is 8.13. The van der Waals surface area contributed by atoms with Gasteiger partial charge in [-0.05, 0) is 12.1 Å². The van der Waals surface area contributed by atoms with E-state index in [0.29, 0.717) is 5.56 Å². The third kappa shape index (κ3) is 3.45. The smallest absolute Gasteiger partial charge is 0.388 e. The highest BCUT2D eigenvalue weighted by Crippen LogP contribution is 2.35. The summed E-state index contributed by atoms with van der Waals surface area (Å²) in [6.45, 7) is -3.03. The van der Waals surface area contributed by atoms with Crippen LogP contribution in [0, 0.1) is 0 Å². The lowest BCUT2D eigenvalue weighted by Gasteiger charge is -2.03. The van der Waals surface area contributed by atoms with Gasteiger partial charge < -0.3 is 4.74 Å². The van der Waals surface area contributed by atoms with Crippen molar-refractivity contribution in [1.29, 1.82) is 0 Å². The Balaban J connectivity index is 2.43. The van der Waals surface area contributed by atoms with Gasteiger partial charge in [-0.3, -0.25) is 0 Å². The first-order chi connectivity index (χ1) is 9.70. The summed E-state index contributed by atoms with van der Waals surface area (Å²) in [5, 5.41) is 3.87. The minimum Gasteiger partial charge on any atom is -0.416 e. The molecule has 1 aromatic heterocycles. The Labute approximate surface area is 128 Å². The molecule has 10 heteroatoms. The molecule has 0 saturated heterocycles. The molecule has 0 fully saturated rings. The number of benzene rings is 1. The molecule has 0 atom stereocenters. The van der Waals surface area contributed by atoms with Crippen LogP contribution >= 0.6 is 22.3 Å². The lowest BCUT2D eigenvalue weighted by atomic mass is 10.1. The van der Waals surface area contributed by atoms with Crippen LogP contribution < -0.4 is 4.74 Å². The highest BCUT2D eigenvalue weighted by atomic mass is 35.7. The van der Waals surface area contributed by atoms with Crippen LogP contribution in [0.1, 0.15) is 0 Å². The lowest BCUT2D eigenvalue weighted by molar-refractivity contribution is -0.0552. The number of ether oxygens (including phenoxy) is 1. The Bertz CT molecular complexity index is 761. The third-order valence-electron chi connectivity index (χ3n) is 2.55. The minimum atomic E-state index is -3.84. The average Bonchev–Trinajstić information content (AvgIpc) is 2.65. The van der Waals surface area contributed by atoms with E-state index in [4.69, 9.17) is 22.3 Å². The predicted molar refractivity (Wildman–Crippen MR) is 73.3 cm³/mol. The van der Waals surface area contributed by atoms with E-state index < -0.39 is 15.7 Å². The van der Waals surface area contributed by atoms with E-state index in [1.54, 1.807) is 0 Å². The molecule has 0 bridgehead atoms. The summed E-state index contributed by atoms with van der Waals surface area (Å²) in [5.41, 5.74) is 0.622. The molecule has 2 rings (SSSR count). The number of aryl methyl sites for hydroxylation is 1. The van der Waals surface area contributed by atoms with E-state index in [2.05, 4.69) is 9.84 Å². The van der Waals surface area contributed by atoms with Crippen LogP contribution in [-0.4, -0.2) is 24.8 Å². The van der Waals surface area contributed by atoms with E-state index in [-0.39, 0.29) is 21.5 Å². The Morgan fingerprint density at radius 3 is 2.33 bits per heavy atom. The Kier molecular flexibility index (Phi) is 4.40. The zero-order chi connectivity index (χ0) is 15.8. The molecule has 0 unspecified atom stereocenters. The van der Waals surface area contributed by atoms with Crippen molar-refractivity contribution in [3.8, 4) is 17.1 Å². The van der Waals surface area contributed by atoms with Crippen LogP contribution in [0.3, 0.4) is 0 Å². The summed E-state index contributed by atoms with van der Waals surface area (Å²) >= 11 is 5.95. The summed E-state index contributed by atoms with van der Waals surface area (Å²) in [7, 11) is 2.75. The normalized spacial score (nSPS) is 11.9. The van der Waals surface area contributed by atoms with Gasteiger partial charge in [-0.1, -0.05) is 23.7 Å². The number of aromatic nitrogens is 2. The van der Waals surface area contributed by atoms with Gasteiger partial charge in [-0.2, -0.15) is 13.9 Å². The number of halogens is 4. The second-order valence-electron chi connectivity index (χ2n) is 3.93. The van der Waals surface area contributed by atoms with E-state index in [0.717, 1.165) is 4.68 Å². The molecule has 0 N–H and O–H groups in total. The molecule has 0 amide bonds. The van der Waals surface area contributed by atoms with Crippen LogP contribution in [0.15, 0.2) is 29.2 Å². The van der Waals surface area contributed by atoms with Crippen molar-refractivity contribution >= 4 is 31.3 Å². The van der Waals surface area contributed by atoms with Crippen molar-refractivity contribution < 1.29 is 21.9 Å². The Hall–Kier alpha value is -1.38. The van der Waals surface area contributed by atoms with Gasteiger partial charge in [0.15, 0.2) is 0 Å². The molecule has 0 aliphatic carbocycles. The molecule has 5 nitrogen and oxygen atoms in total. The van der Waals surface area contributed by atoms with Gasteiger partial charge in [0.05, 0.1) is 4.90 Å². The van der Waals surface area contributed by atoms with Crippen molar-refractivity contribution in [3.05, 3.63) is 29.3 Å². The summed E-state index contributed by atoms with van der Waals surface area (Å²) in [4.78, 5) is -0.0935. The maximum absolute atomic E-state index is 12.3. The maximum Gasteiger partial charge on any atom is 0.388 e. The molecular formula is C11H8Cl2F2N2O3S. The molecule has 0 radical (unpaired) electrons. The standard InChI is InChI=1S/C11H8Cl2F2N2O3S/c1-17-10(20-11(14)15)8(12)9(16-17)6-2-4-7(5-3-6)21(13,18)19/h2-5,11H,1H3. The first-order valence-electron chi connectivity index (χ1n) is 5.42. The lowest BCUT2D eigenvalue weighted by Crippen LogP contribution is -2.06. The third-order valence-corrected chi connectivity index (χ3v) is 4.26. The van der Waals surface area contributed by atoms with Crippen molar-refractivity contribution in [3.63, 3.8) is 0 Å². The number of alkyl halides is 2. The van der Waals surface area contributed by atoms with Gasteiger partial charge in [-0.15, -0.1) is 0 Å². The predicted octanol–water partition coefficient (Wildman–Crippen LogP) is 3.27. The first-order valence-corrected chi connectivity index (χ1v) is 8.11. The van der Waals surface area contributed by atoms with Gasteiger partial charge in [-0.25, -0.2) is 13.1 Å². The number of hydrogen-bond acceptors (Lipinski definition) is 4. The summed E-state index contributed by atoms with van der Waals surface area (Å²) in [6, 6.07) is 5.35. The Morgan fingerprint density at radius 2 is 1.86 bits per heavy atom. The molecule has 114 valence electrons. The van der Waals surface area contributed by atoms with Crippen LogP contribution in [-0.2, 0) is 16.1 Å². The molecular weight excluding hydrogens is 349 g/mol. The van der Waals surface area contributed by atoms with Crippen molar-refractivity contribution in [2.24, 2.45) is 7.05 Å².